The molecule has 0 saturated carbocycles. The van der Waals surface area contributed by atoms with Crippen LogP contribution < -0.4 is 0 Å². The fourth-order valence-corrected chi connectivity index (χ4v) is 0.439. The number of benzene rings is 1. The Balaban J connectivity index is 0.000000292. The van der Waals surface area contributed by atoms with Crippen molar-refractivity contribution in [3.63, 3.8) is 0 Å². The molecule has 1 aromatic carbocycles. The number of hydrogen-bond donors (Lipinski definition) is 0. The summed E-state index contributed by atoms with van der Waals surface area (Å²) >= 11 is 3.15. The third-order valence-electron chi connectivity index (χ3n) is 0.824. The second kappa shape index (κ2) is 6.28. The van der Waals surface area contributed by atoms with Crippen LogP contribution in [0.4, 0.5) is 8.78 Å². The molecule has 0 saturated heterocycles. The monoisotopic (exact) mass is 222 g/mol. The molecule has 1 aromatic rings. The van der Waals surface area contributed by atoms with Crippen LogP contribution in [0.25, 0.3) is 0 Å². The molecule has 0 nitrogen and oxygen atoms in total. The highest BCUT2D eigenvalue weighted by molar-refractivity contribution is 9.09. The number of halogens is 3. The van der Waals surface area contributed by atoms with Crippen molar-refractivity contribution in [1.82, 2.24) is 0 Å². The van der Waals surface area contributed by atoms with Gasteiger partial charge in [-0.05, 0) is 12.1 Å². The molecule has 0 spiro atoms. The number of hydrogen-bond acceptors (Lipinski definition) is 0. The molecule has 0 aromatic heterocycles. The minimum atomic E-state index is -0.799. The second-order valence-electron chi connectivity index (χ2n) is 1.68. The molecule has 0 fully saturated rings. The smallest absolute Gasteiger partial charge is 0.158 e. The Labute approximate surface area is 73.4 Å². The van der Waals surface area contributed by atoms with Gasteiger partial charge in [0.1, 0.15) is 0 Å². The molecule has 11 heavy (non-hydrogen) atoms. The Morgan fingerprint density at radius 1 is 1.18 bits per heavy atom. The fourth-order valence-electron chi connectivity index (χ4n) is 0.439. The lowest BCUT2D eigenvalue weighted by molar-refractivity contribution is 0.508. The van der Waals surface area contributed by atoms with Gasteiger partial charge in [-0.1, -0.05) is 35.0 Å². The molecule has 3 heteroatoms. The van der Waals surface area contributed by atoms with Crippen molar-refractivity contribution in [3.05, 3.63) is 35.9 Å². The lowest BCUT2D eigenvalue weighted by Gasteiger charge is -1.85. The van der Waals surface area contributed by atoms with Crippen molar-refractivity contribution in [2.75, 3.05) is 5.33 Å². The first kappa shape index (κ1) is 10.6. The Hall–Kier alpha value is -0.440. The Morgan fingerprint density at radius 2 is 1.45 bits per heavy atom. The van der Waals surface area contributed by atoms with E-state index in [9.17, 15) is 8.78 Å². The van der Waals surface area contributed by atoms with Gasteiger partial charge >= 0.3 is 0 Å². The highest BCUT2D eigenvalue weighted by Gasteiger charge is 1.93. The molecular formula is C8H9BrF2. The lowest BCUT2D eigenvalue weighted by Crippen LogP contribution is -1.77. The summed E-state index contributed by atoms with van der Waals surface area (Å²) in [6, 6.07) is 5.04. The zero-order valence-corrected chi connectivity index (χ0v) is 7.74. The van der Waals surface area contributed by atoms with E-state index in [0.29, 0.717) is 0 Å². The van der Waals surface area contributed by atoms with E-state index in [1.165, 1.54) is 12.1 Å². The van der Waals surface area contributed by atoms with Crippen LogP contribution in [0, 0.1) is 11.6 Å². The Kier molecular flexibility index (Phi) is 6.03. The van der Waals surface area contributed by atoms with Crippen LogP contribution >= 0.6 is 15.9 Å². The molecule has 0 aliphatic heterocycles. The van der Waals surface area contributed by atoms with Crippen LogP contribution in [0.3, 0.4) is 0 Å². The average Bonchev–Trinajstić information content (AvgIpc) is 1.97. The summed E-state index contributed by atoms with van der Waals surface area (Å²) in [4.78, 5) is 0. The van der Waals surface area contributed by atoms with E-state index >= 15 is 0 Å². The Morgan fingerprint density at radius 3 is 1.64 bits per heavy atom. The third kappa shape index (κ3) is 4.90. The summed E-state index contributed by atoms with van der Waals surface area (Å²) in [6.07, 6.45) is 0. The lowest BCUT2D eigenvalue weighted by atomic mass is 10.3. The quantitative estimate of drug-likeness (QED) is 0.591. The van der Waals surface area contributed by atoms with E-state index in [0.717, 1.165) is 17.5 Å². The molecule has 0 bridgehead atoms. The minimum Gasteiger partial charge on any atom is -0.204 e. The first-order chi connectivity index (χ1) is 5.22. The maximum atomic E-state index is 11.9. The number of rotatable bonds is 0. The van der Waals surface area contributed by atoms with E-state index in [-0.39, 0.29) is 0 Å². The topological polar surface area (TPSA) is 0 Å². The van der Waals surface area contributed by atoms with Gasteiger partial charge in [0.2, 0.25) is 0 Å². The van der Waals surface area contributed by atoms with Gasteiger partial charge in [0.25, 0.3) is 0 Å². The molecular weight excluding hydrogens is 214 g/mol. The largest absolute Gasteiger partial charge is 0.204 e. The highest BCUT2D eigenvalue weighted by Crippen LogP contribution is 2.01. The van der Waals surface area contributed by atoms with E-state index in [4.69, 9.17) is 0 Å². The van der Waals surface area contributed by atoms with Crippen LogP contribution in [-0.2, 0) is 0 Å². The summed E-state index contributed by atoms with van der Waals surface area (Å²) in [7, 11) is 0. The fraction of sp³-hybridized carbons (Fsp3) is 0.250. The maximum absolute atomic E-state index is 11.9. The SMILES string of the molecule is CCBr.Fc1ccccc1F. The average molecular weight is 223 g/mol. The minimum absolute atomic E-state index is 0.799. The van der Waals surface area contributed by atoms with E-state index in [1.807, 2.05) is 6.92 Å². The summed E-state index contributed by atoms with van der Waals surface area (Å²) < 4.78 is 23.9. The summed E-state index contributed by atoms with van der Waals surface area (Å²) in [5, 5.41) is 1.06. The molecule has 0 heterocycles. The normalized spacial score (nSPS) is 8.36. The predicted molar refractivity (Wildman–Crippen MR) is 45.8 cm³/mol. The maximum Gasteiger partial charge on any atom is 0.158 e. The van der Waals surface area contributed by atoms with E-state index in [2.05, 4.69) is 15.9 Å². The first-order valence-corrected chi connectivity index (χ1v) is 4.30. The van der Waals surface area contributed by atoms with Crippen LogP contribution in [-0.4, -0.2) is 5.33 Å². The molecule has 0 aliphatic rings. The van der Waals surface area contributed by atoms with Gasteiger partial charge in [0, 0.05) is 5.33 Å². The molecule has 0 unspecified atom stereocenters. The predicted octanol–water partition coefficient (Wildman–Crippen LogP) is 3.37. The van der Waals surface area contributed by atoms with Gasteiger partial charge in [-0.3, -0.25) is 0 Å². The van der Waals surface area contributed by atoms with Gasteiger partial charge in [0.15, 0.2) is 11.6 Å². The van der Waals surface area contributed by atoms with Gasteiger partial charge in [-0.15, -0.1) is 0 Å². The first-order valence-electron chi connectivity index (χ1n) is 3.18. The standard InChI is InChI=1S/C6H4F2.C2H5Br/c7-5-3-1-2-4-6(5)8;1-2-3/h1-4H;2H2,1H3. The molecule has 0 amide bonds. The summed E-state index contributed by atoms with van der Waals surface area (Å²) in [6.45, 7) is 2.04. The van der Waals surface area contributed by atoms with Crippen molar-refractivity contribution in [3.8, 4) is 0 Å². The van der Waals surface area contributed by atoms with Crippen LogP contribution in [0.5, 0.6) is 0 Å². The zero-order valence-electron chi connectivity index (χ0n) is 6.15. The highest BCUT2D eigenvalue weighted by atomic mass is 79.9. The van der Waals surface area contributed by atoms with Gasteiger partial charge in [-0.25, -0.2) is 8.78 Å². The van der Waals surface area contributed by atoms with E-state index < -0.39 is 11.6 Å². The van der Waals surface area contributed by atoms with Gasteiger partial charge in [-0.2, -0.15) is 0 Å². The van der Waals surface area contributed by atoms with Crippen LogP contribution in [0.15, 0.2) is 24.3 Å². The van der Waals surface area contributed by atoms with Crippen molar-refractivity contribution in [2.24, 2.45) is 0 Å². The molecule has 0 N–H and O–H groups in total. The van der Waals surface area contributed by atoms with Crippen molar-refractivity contribution < 1.29 is 8.78 Å². The zero-order chi connectivity index (χ0) is 8.69. The molecule has 0 atom stereocenters. The van der Waals surface area contributed by atoms with Gasteiger partial charge < -0.3 is 0 Å². The van der Waals surface area contributed by atoms with Crippen molar-refractivity contribution in [1.29, 1.82) is 0 Å². The molecule has 0 aliphatic carbocycles. The van der Waals surface area contributed by atoms with E-state index in [1.54, 1.807) is 0 Å². The molecule has 0 radical (unpaired) electrons. The second-order valence-corrected chi connectivity index (χ2v) is 2.80. The van der Waals surface area contributed by atoms with Gasteiger partial charge in [0.05, 0.1) is 0 Å². The summed E-state index contributed by atoms with van der Waals surface area (Å²) in [5.74, 6) is -1.60. The number of alkyl halides is 1. The molecule has 1 rings (SSSR count). The van der Waals surface area contributed by atoms with Crippen LogP contribution in [0.1, 0.15) is 6.92 Å². The summed E-state index contributed by atoms with van der Waals surface area (Å²) in [5.41, 5.74) is 0. The third-order valence-corrected chi connectivity index (χ3v) is 0.824. The van der Waals surface area contributed by atoms with Crippen LogP contribution in [0.2, 0.25) is 0 Å². The molecule has 62 valence electrons. The van der Waals surface area contributed by atoms with Crippen molar-refractivity contribution in [2.45, 2.75) is 6.92 Å². The van der Waals surface area contributed by atoms with Crippen molar-refractivity contribution >= 4 is 15.9 Å². The Bertz CT molecular complexity index is 180.